The zero-order valence-electron chi connectivity index (χ0n) is 16.6. The van der Waals surface area contributed by atoms with Gasteiger partial charge in [-0.05, 0) is 60.7 Å². The van der Waals surface area contributed by atoms with Crippen LogP contribution in [0.3, 0.4) is 0 Å². The van der Waals surface area contributed by atoms with Crippen molar-refractivity contribution in [2.75, 3.05) is 20.3 Å². The number of nitrogens with zero attached hydrogens (tertiary/aromatic N) is 1. The minimum atomic E-state index is -0.276. The lowest BCUT2D eigenvalue weighted by molar-refractivity contribution is 0.0932. The molecule has 1 aliphatic rings. The fraction of sp³-hybridized carbons (Fsp3) is 0.348. The number of benzene rings is 2. The van der Waals surface area contributed by atoms with E-state index in [1.807, 2.05) is 36.1 Å². The summed E-state index contributed by atoms with van der Waals surface area (Å²) in [5, 5.41) is 1.26. The van der Waals surface area contributed by atoms with E-state index in [-0.39, 0.29) is 12.1 Å². The summed E-state index contributed by atoms with van der Waals surface area (Å²) in [6, 6.07) is 14.3. The summed E-state index contributed by atoms with van der Waals surface area (Å²) >= 11 is 0. The van der Waals surface area contributed by atoms with Gasteiger partial charge in [-0.25, -0.2) is 4.79 Å². The fourth-order valence-electron chi connectivity index (χ4n) is 4.09. The second-order valence-electron chi connectivity index (χ2n) is 7.07. The number of fused-ring (bicyclic) bond motifs is 3. The summed E-state index contributed by atoms with van der Waals surface area (Å²) in [5.41, 5.74) is 5.85. The molecule has 3 aromatic rings. The van der Waals surface area contributed by atoms with Gasteiger partial charge in [0, 0.05) is 23.1 Å². The third-order valence-electron chi connectivity index (χ3n) is 5.53. The lowest BCUT2D eigenvalue weighted by Crippen LogP contribution is -2.40. The molecular formula is C23H26N2O3. The van der Waals surface area contributed by atoms with Crippen molar-refractivity contribution in [3.8, 4) is 5.75 Å². The number of nitrogens with one attached hydrogen (secondary N) is 1. The average Bonchev–Trinajstić information content (AvgIpc) is 3.11. The first-order chi connectivity index (χ1) is 13.7. The van der Waals surface area contributed by atoms with E-state index in [9.17, 15) is 4.79 Å². The first-order valence-corrected chi connectivity index (χ1v) is 9.87. The number of rotatable bonds is 4. The zero-order valence-corrected chi connectivity index (χ0v) is 16.6. The topological polar surface area (TPSA) is 54.6 Å². The van der Waals surface area contributed by atoms with Crippen molar-refractivity contribution in [1.82, 2.24) is 9.88 Å². The fourth-order valence-corrected chi connectivity index (χ4v) is 4.09. The van der Waals surface area contributed by atoms with Gasteiger partial charge in [-0.1, -0.05) is 25.1 Å². The van der Waals surface area contributed by atoms with Crippen molar-refractivity contribution in [2.24, 2.45) is 0 Å². The molecule has 0 radical (unpaired) electrons. The van der Waals surface area contributed by atoms with Crippen molar-refractivity contribution in [3.63, 3.8) is 0 Å². The van der Waals surface area contributed by atoms with Crippen LogP contribution < -0.4 is 4.74 Å². The van der Waals surface area contributed by atoms with Crippen LogP contribution in [0.2, 0.25) is 0 Å². The zero-order chi connectivity index (χ0) is 19.7. The van der Waals surface area contributed by atoms with Crippen LogP contribution in [0.15, 0.2) is 42.5 Å². The smallest absolute Gasteiger partial charge is 0.410 e. The van der Waals surface area contributed by atoms with Gasteiger partial charge in [0.25, 0.3) is 0 Å². The molecule has 0 saturated heterocycles. The van der Waals surface area contributed by atoms with E-state index in [4.69, 9.17) is 9.47 Å². The number of amides is 1. The molecule has 0 fully saturated rings. The Morgan fingerprint density at radius 3 is 2.64 bits per heavy atom. The minimum Gasteiger partial charge on any atom is -0.497 e. The Kier molecular flexibility index (Phi) is 4.99. The maximum absolute atomic E-state index is 12.7. The van der Waals surface area contributed by atoms with Gasteiger partial charge in [-0.3, -0.25) is 4.90 Å². The predicted octanol–water partition coefficient (Wildman–Crippen LogP) is 4.84. The average molecular weight is 378 g/mol. The molecule has 0 saturated carbocycles. The number of hydrogen-bond acceptors (Lipinski definition) is 3. The van der Waals surface area contributed by atoms with Crippen LogP contribution in [-0.4, -0.2) is 36.2 Å². The molecule has 4 rings (SSSR count). The molecular weight excluding hydrogens is 352 g/mol. The molecule has 1 amide bonds. The number of H-pyrrole nitrogens is 1. The highest BCUT2D eigenvalue weighted by atomic mass is 16.6. The Balaban J connectivity index is 1.85. The van der Waals surface area contributed by atoms with Crippen LogP contribution in [0.5, 0.6) is 5.75 Å². The standard InChI is InChI=1S/C23H26N2O3/c1-4-15-6-11-20-19(14-15)18-12-13-25(23(26)28-5-2)22(21(18)24-20)16-7-9-17(27-3)10-8-16/h6-11,14,22,24H,4-5,12-13H2,1-3H3. The van der Waals surface area contributed by atoms with Crippen molar-refractivity contribution in [1.29, 1.82) is 0 Å². The highest BCUT2D eigenvalue weighted by Gasteiger charge is 2.35. The first kappa shape index (κ1) is 18.4. The van der Waals surface area contributed by atoms with Gasteiger partial charge in [0.05, 0.1) is 13.7 Å². The van der Waals surface area contributed by atoms with E-state index in [0.29, 0.717) is 13.2 Å². The normalized spacial score (nSPS) is 16.1. The van der Waals surface area contributed by atoms with Crippen LogP contribution in [0.1, 0.15) is 42.3 Å². The molecule has 28 heavy (non-hydrogen) atoms. The van der Waals surface area contributed by atoms with Gasteiger partial charge in [0.1, 0.15) is 11.8 Å². The van der Waals surface area contributed by atoms with E-state index in [0.717, 1.165) is 35.4 Å². The molecule has 146 valence electrons. The molecule has 2 aromatic carbocycles. The third-order valence-corrected chi connectivity index (χ3v) is 5.53. The number of ether oxygens (including phenoxy) is 2. The van der Waals surface area contributed by atoms with Gasteiger partial charge in [0.2, 0.25) is 0 Å². The molecule has 1 atom stereocenters. The predicted molar refractivity (Wildman–Crippen MR) is 110 cm³/mol. The molecule has 5 heteroatoms. The lowest BCUT2D eigenvalue weighted by Gasteiger charge is -2.35. The Bertz CT molecular complexity index is 991. The third kappa shape index (κ3) is 3.11. The number of carbonyl (C=O) groups is 1. The molecule has 5 nitrogen and oxygen atoms in total. The van der Waals surface area contributed by atoms with Crippen molar-refractivity contribution < 1.29 is 14.3 Å². The van der Waals surface area contributed by atoms with E-state index in [2.05, 4.69) is 30.1 Å². The maximum atomic E-state index is 12.7. The van der Waals surface area contributed by atoms with Gasteiger partial charge in [-0.2, -0.15) is 0 Å². The van der Waals surface area contributed by atoms with Gasteiger partial charge < -0.3 is 14.5 Å². The quantitative estimate of drug-likeness (QED) is 0.706. The molecule has 0 spiro atoms. The largest absolute Gasteiger partial charge is 0.497 e. The molecule has 1 unspecified atom stereocenters. The summed E-state index contributed by atoms with van der Waals surface area (Å²) in [4.78, 5) is 18.1. The summed E-state index contributed by atoms with van der Waals surface area (Å²) in [7, 11) is 1.65. The Hall–Kier alpha value is -2.95. The summed E-state index contributed by atoms with van der Waals surface area (Å²) in [6.07, 6.45) is 1.54. The second kappa shape index (κ2) is 7.58. The van der Waals surface area contributed by atoms with Crippen LogP contribution in [0.4, 0.5) is 4.79 Å². The summed E-state index contributed by atoms with van der Waals surface area (Å²) in [5.74, 6) is 0.798. The number of hydrogen-bond donors (Lipinski definition) is 1. The Morgan fingerprint density at radius 1 is 1.18 bits per heavy atom. The number of methoxy groups -OCH3 is 1. The summed E-state index contributed by atoms with van der Waals surface area (Å²) < 4.78 is 10.7. The molecule has 1 N–H and O–H groups in total. The van der Waals surface area contributed by atoms with Crippen LogP contribution >= 0.6 is 0 Å². The van der Waals surface area contributed by atoms with Gasteiger partial charge in [-0.15, -0.1) is 0 Å². The SMILES string of the molecule is CCOC(=O)N1CCc2c([nH]c3ccc(CC)cc23)C1c1ccc(OC)cc1. The van der Waals surface area contributed by atoms with Gasteiger partial charge >= 0.3 is 6.09 Å². The number of aromatic nitrogens is 1. The van der Waals surface area contributed by atoms with Crippen molar-refractivity contribution in [2.45, 2.75) is 32.7 Å². The van der Waals surface area contributed by atoms with Gasteiger partial charge in [0.15, 0.2) is 0 Å². The van der Waals surface area contributed by atoms with E-state index in [1.165, 1.54) is 16.5 Å². The maximum Gasteiger partial charge on any atom is 0.410 e. The van der Waals surface area contributed by atoms with Crippen LogP contribution in [-0.2, 0) is 17.6 Å². The number of carbonyl (C=O) groups excluding carboxylic acids is 1. The summed E-state index contributed by atoms with van der Waals surface area (Å²) in [6.45, 7) is 5.00. The molecule has 2 heterocycles. The Morgan fingerprint density at radius 2 is 1.96 bits per heavy atom. The van der Waals surface area contributed by atoms with Crippen molar-refractivity contribution in [3.05, 3.63) is 64.8 Å². The monoisotopic (exact) mass is 378 g/mol. The van der Waals surface area contributed by atoms with E-state index in [1.54, 1.807) is 7.11 Å². The van der Waals surface area contributed by atoms with Crippen LogP contribution in [0, 0.1) is 0 Å². The lowest BCUT2D eigenvalue weighted by atomic mass is 9.92. The molecule has 1 aromatic heterocycles. The van der Waals surface area contributed by atoms with E-state index < -0.39 is 0 Å². The number of aryl methyl sites for hydroxylation is 1. The molecule has 1 aliphatic heterocycles. The Labute approximate surface area is 165 Å². The van der Waals surface area contributed by atoms with Crippen molar-refractivity contribution >= 4 is 17.0 Å². The minimum absolute atomic E-state index is 0.203. The number of aromatic amines is 1. The second-order valence-corrected chi connectivity index (χ2v) is 7.07. The van der Waals surface area contributed by atoms with Crippen LogP contribution in [0.25, 0.3) is 10.9 Å². The highest BCUT2D eigenvalue weighted by molar-refractivity contribution is 5.86. The van der Waals surface area contributed by atoms with E-state index >= 15 is 0 Å². The highest BCUT2D eigenvalue weighted by Crippen LogP contribution is 2.39. The molecule has 0 bridgehead atoms. The molecule has 0 aliphatic carbocycles. The first-order valence-electron chi connectivity index (χ1n) is 9.87.